The highest BCUT2D eigenvalue weighted by molar-refractivity contribution is 5.11. The zero-order valence-electron chi connectivity index (χ0n) is 11.7. The first-order valence-corrected chi connectivity index (χ1v) is 7.13. The molecule has 0 saturated heterocycles. The second kappa shape index (κ2) is 6.57. The van der Waals surface area contributed by atoms with E-state index < -0.39 is 12.1 Å². The van der Waals surface area contributed by atoms with E-state index in [-0.39, 0.29) is 18.9 Å². The van der Waals surface area contributed by atoms with E-state index >= 15 is 0 Å². The first-order valence-electron chi connectivity index (χ1n) is 7.13. The third kappa shape index (κ3) is 3.95. The molecule has 1 unspecified atom stereocenters. The molecule has 1 aromatic rings. The number of hydrogen-bond acceptors (Lipinski definition) is 2. The Hall–Kier alpha value is -1.10. The molecule has 1 saturated carbocycles. The van der Waals surface area contributed by atoms with Crippen LogP contribution in [-0.4, -0.2) is 24.2 Å². The van der Waals surface area contributed by atoms with Gasteiger partial charge in [0.25, 0.3) is 0 Å². The van der Waals surface area contributed by atoms with Crippen LogP contribution >= 0.6 is 0 Å². The fourth-order valence-electron chi connectivity index (χ4n) is 3.13. The lowest BCUT2D eigenvalue weighted by atomic mass is 9.77. The SMILES string of the molecule is CNC(Cc1ccncc1)C1CCC(C(F)(F)F)CC1. The lowest BCUT2D eigenvalue weighted by Gasteiger charge is -2.34. The van der Waals surface area contributed by atoms with Crippen LogP contribution in [0.1, 0.15) is 31.2 Å². The van der Waals surface area contributed by atoms with Gasteiger partial charge in [0.05, 0.1) is 5.92 Å². The Balaban J connectivity index is 1.91. The molecule has 0 radical (unpaired) electrons. The number of hydrogen-bond donors (Lipinski definition) is 1. The Bertz CT molecular complexity index is 397. The van der Waals surface area contributed by atoms with Gasteiger partial charge in [0.1, 0.15) is 0 Å². The van der Waals surface area contributed by atoms with Gasteiger partial charge in [-0.25, -0.2) is 0 Å². The standard InChI is InChI=1S/C15H21F3N2/c1-19-14(10-11-6-8-20-9-7-11)12-2-4-13(5-3-12)15(16,17)18/h6-9,12-14,19H,2-5,10H2,1H3. The summed E-state index contributed by atoms with van der Waals surface area (Å²) in [7, 11) is 1.89. The molecule has 112 valence electrons. The Labute approximate surface area is 117 Å². The molecular formula is C15H21F3N2. The van der Waals surface area contributed by atoms with Crippen LogP contribution in [0, 0.1) is 11.8 Å². The van der Waals surface area contributed by atoms with E-state index in [1.807, 2.05) is 19.2 Å². The van der Waals surface area contributed by atoms with Crippen molar-refractivity contribution in [2.75, 3.05) is 7.05 Å². The Morgan fingerprint density at radius 1 is 1.20 bits per heavy atom. The molecule has 1 heterocycles. The van der Waals surface area contributed by atoms with Crippen LogP contribution < -0.4 is 5.32 Å². The molecule has 0 aromatic carbocycles. The summed E-state index contributed by atoms with van der Waals surface area (Å²) < 4.78 is 38.0. The Morgan fingerprint density at radius 2 is 1.80 bits per heavy atom. The molecule has 1 aromatic heterocycles. The van der Waals surface area contributed by atoms with E-state index in [1.165, 1.54) is 5.56 Å². The van der Waals surface area contributed by atoms with Crippen molar-refractivity contribution < 1.29 is 13.2 Å². The second-order valence-electron chi connectivity index (χ2n) is 5.61. The molecule has 0 spiro atoms. The monoisotopic (exact) mass is 286 g/mol. The van der Waals surface area contributed by atoms with Crippen LogP contribution in [0.5, 0.6) is 0 Å². The molecule has 1 atom stereocenters. The summed E-state index contributed by atoms with van der Waals surface area (Å²) in [5.74, 6) is -0.774. The quantitative estimate of drug-likeness (QED) is 0.915. The number of aromatic nitrogens is 1. The molecule has 2 nitrogen and oxygen atoms in total. The highest BCUT2D eigenvalue weighted by atomic mass is 19.4. The van der Waals surface area contributed by atoms with Crippen LogP contribution in [0.2, 0.25) is 0 Å². The summed E-state index contributed by atoms with van der Waals surface area (Å²) in [6.07, 6.45) is 2.17. The maximum absolute atomic E-state index is 12.7. The van der Waals surface area contributed by atoms with E-state index in [9.17, 15) is 13.2 Å². The van der Waals surface area contributed by atoms with Gasteiger partial charge in [-0.1, -0.05) is 0 Å². The first-order chi connectivity index (χ1) is 9.50. The van der Waals surface area contributed by atoms with Gasteiger partial charge in [-0.05, 0) is 62.8 Å². The van der Waals surface area contributed by atoms with E-state index in [4.69, 9.17) is 0 Å². The molecule has 20 heavy (non-hydrogen) atoms. The average molecular weight is 286 g/mol. The summed E-state index contributed by atoms with van der Waals surface area (Å²) in [5, 5.41) is 3.27. The van der Waals surface area contributed by atoms with Crippen molar-refractivity contribution >= 4 is 0 Å². The first kappa shape index (κ1) is 15.3. The van der Waals surface area contributed by atoms with Gasteiger partial charge in [-0.3, -0.25) is 4.98 Å². The maximum Gasteiger partial charge on any atom is 0.391 e. The zero-order valence-corrected chi connectivity index (χ0v) is 11.7. The molecule has 5 heteroatoms. The number of nitrogens with zero attached hydrogens (tertiary/aromatic N) is 1. The smallest absolute Gasteiger partial charge is 0.316 e. The van der Waals surface area contributed by atoms with Crippen molar-refractivity contribution in [2.45, 2.75) is 44.3 Å². The highest BCUT2D eigenvalue weighted by Gasteiger charge is 2.42. The van der Waals surface area contributed by atoms with Crippen molar-refractivity contribution in [3.05, 3.63) is 30.1 Å². The maximum atomic E-state index is 12.7. The third-order valence-corrected chi connectivity index (χ3v) is 4.38. The van der Waals surface area contributed by atoms with Gasteiger partial charge < -0.3 is 5.32 Å². The third-order valence-electron chi connectivity index (χ3n) is 4.38. The normalized spacial score (nSPS) is 25.4. The van der Waals surface area contributed by atoms with Crippen LogP contribution in [0.3, 0.4) is 0 Å². The van der Waals surface area contributed by atoms with Crippen molar-refractivity contribution in [3.8, 4) is 0 Å². The van der Waals surface area contributed by atoms with Crippen LogP contribution in [-0.2, 0) is 6.42 Å². The number of likely N-dealkylation sites (N-methyl/N-ethyl adjacent to an activating group) is 1. The molecule has 1 aliphatic rings. The predicted octanol–water partition coefficient (Wildman–Crippen LogP) is 3.58. The summed E-state index contributed by atoms with van der Waals surface area (Å²) in [4.78, 5) is 3.98. The molecule has 0 bridgehead atoms. The molecule has 1 N–H and O–H groups in total. The van der Waals surface area contributed by atoms with Gasteiger partial charge in [-0.2, -0.15) is 13.2 Å². The van der Waals surface area contributed by atoms with E-state index in [2.05, 4.69) is 10.3 Å². The van der Waals surface area contributed by atoms with E-state index in [0.29, 0.717) is 18.8 Å². The topological polar surface area (TPSA) is 24.9 Å². The van der Waals surface area contributed by atoms with Gasteiger partial charge in [0, 0.05) is 18.4 Å². The van der Waals surface area contributed by atoms with E-state index in [1.54, 1.807) is 12.4 Å². The summed E-state index contributed by atoms with van der Waals surface area (Å²) >= 11 is 0. The highest BCUT2D eigenvalue weighted by Crippen LogP contribution is 2.40. The fourth-order valence-corrected chi connectivity index (χ4v) is 3.13. The van der Waals surface area contributed by atoms with Gasteiger partial charge in [-0.15, -0.1) is 0 Å². The van der Waals surface area contributed by atoms with Crippen LogP contribution in [0.4, 0.5) is 13.2 Å². The van der Waals surface area contributed by atoms with E-state index in [0.717, 1.165) is 6.42 Å². The number of alkyl halides is 3. The summed E-state index contributed by atoms with van der Waals surface area (Å²) in [5.41, 5.74) is 1.18. The molecule has 0 aliphatic heterocycles. The Kier molecular flexibility index (Phi) is 5.02. The lowest BCUT2D eigenvalue weighted by molar-refractivity contribution is -0.184. The van der Waals surface area contributed by atoms with Gasteiger partial charge in [0.2, 0.25) is 0 Å². The van der Waals surface area contributed by atoms with Gasteiger partial charge in [0.15, 0.2) is 0 Å². The molecule has 1 fully saturated rings. The average Bonchev–Trinajstić information content (AvgIpc) is 2.45. The minimum absolute atomic E-state index is 0.242. The zero-order chi connectivity index (χ0) is 14.6. The number of halogens is 3. The molecule has 2 rings (SSSR count). The molecule has 0 amide bonds. The predicted molar refractivity (Wildman–Crippen MR) is 72.3 cm³/mol. The van der Waals surface area contributed by atoms with Crippen molar-refractivity contribution in [1.82, 2.24) is 10.3 Å². The van der Waals surface area contributed by atoms with Crippen molar-refractivity contribution in [2.24, 2.45) is 11.8 Å². The lowest BCUT2D eigenvalue weighted by Crippen LogP contribution is -2.39. The Morgan fingerprint density at radius 3 is 2.30 bits per heavy atom. The number of nitrogens with one attached hydrogen (secondary N) is 1. The summed E-state index contributed by atoms with van der Waals surface area (Å²) in [6, 6.07) is 4.17. The number of rotatable bonds is 4. The summed E-state index contributed by atoms with van der Waals surface area (Å²) in [6.45, 7) is 0. The van der Waals surface area contributed by atoms with Crippen LogP contribution in [0.25, 0.3) is 0 Å². The van der Waals surface area contributed by atoms with Crippen molar-refractivity contribution in [3.63, 3.8) is 0 Å². The van der Waals surface area contributed by atoms with Gasteiger partial charge >= 0.3 is 6.18 Å². The van der Waals surface area contributed by atoms with Crippen molar-refractivity contribution in [1.29, 1.82) is 0 Å². The fraction of sp³-hybridized carbons (Fsp3) is 0.667. The molecular weight excluding hydrogens is 265 g/mol. The molecule has 1 aliphatic carbocycles. The minimum Gasteiger partial charge on any atom is -0.316 e. The second-order valence-corrected chi connectivity index (χ2v) is 5.61. The number of pyridine rings is 1. The largest absolute Gasteiger partial charge is 0.391 e. The van der Waals surface area contributed by atoms with Crippen LogP contribution in [0.15, 0.2) is 24.5 Å². The minimum atomic E-state index is -4.02.